The van der Waals surface area contributed by atoms with Crippen molar-refractivity contribution in [3.8, 4) is 0 Å². The third-order valence-corrected chi connectivity index (χ3v) is 3.90. The van der Waals surface area contributed by atoms with Gasteiger partial charge in [-0.15, -0.1) is 11.3 Å². The minimum absolute atomic E-state index is 0.538. The Labute approximate surface area is 111 Å². The van der Waals surface area contributed by atoms with Crippen LogP contribution in [0.2, 0.25) is 5.02 Å². The number of hydrogen-bond donors (Lipinski definition) is 2. The molecule has 3 N–H and O–H groups in total. The zero-order valence-electron chi connectivity index (χ0n) is 8.21. The number of anilines is 2. The molecule has 0 radical (unpaired) electrons. The summed E-state index contributed by atoms with van der Waals surface area (Å²) in [5, 5.41) is 5.74. The second-order valence-corrected chi connectivity index (χ2v) is 5.50. The second-order valence-electron chi connectivity index (χ2n) is 3.18. The van der Waals surface area contributed by atoms with Crippen molar-refractivity contribution in [2.24, 2.45) is 0 Å². The first-order chi connectivity index (χ1) is 7.65. The minimum atomic E-state index is 0.538. The molecule has 6 heteroatoms. The molecule has 0 aliphatic carbocycles. The van der Waals surface area contributed by atoms with Crippen LogP contribution in [0.4, 0.5) is 11.5 Å². The summed E-state index contributed by atoms with van der Waals surface area (Å²) in [7, 11) is 0. The molecule has 0 aliphatic heterocycles. The molecule has 16 heavy (non-hydrogen) atoms. The molecular weight excluding hydrogens is 310 g/mol. The lowest BCUT2D eigenvalue weighted by atomic mass is 10.4. The molecule has 0 saturated carbocycles. The number of nitrogen functional groups attached to an aromatic ring is 1. The smallest absolute Gasteiger partial charge is 0.145 e. The highest BCUT2D eigenvalue weighted by Crippen LogP contribution is 2.24. The normalized spacial score (nSPS) is 10.4. The zero-order chi connectivity index (χ0) is 11.5. The number of pyridine rings is 1. The number of hydrogen-bond acceptors (Lipinski definition) is 4. The van der Waals surface area contributed by atoms with Crippen LogP contribution in [-0.4, -0.2) is 4.98 Å². The van der Waals surface area contributed by atoms with Crippen LogP contribution in [0.1, 0.15) is 4.88 Å². The van der Waals surface area contributed by atoms with Crippen LogP contribution in [-0.2, 0) is 6.54 Å². The van der Waals surface area contributed by atoms with E-state index < -0.39 is 0 Å². The highest BCUT2D eigenvalue weighted by molar-refractivity contribution is 9.10. The standard InChI is InChI=1S/C10H9BrClN3S/c11-6-1-8(16-5-6)4-15-10-9(12)2-7(13)3-14-10/h1-3,5H,4,13H2,(H,14,15). The summed E-state index contributed by atoms with van der Waals surface area (Å²) in [5.74, 6) is 0.653. The highest BCUT2D eigenvalue weighted by atomic mass is 79.9. The molecule has 2 aromatic heterocycles. The Morgan fingerprint density at radius 1 is 1.50 bits per heavy atom. The van der Waals surface area contributed by atoms with Crippen molar-refractivity contribution in [2.45, 2.75) is 6.54 Å². The van der Waals surface area contributed by atoms with E-state index in [4.69, 9.17) is 17.3 Å². The molecule has 0 amide bonds. The van der Waals surface area contributed by atoms with E-state index in [0.717, 1.165) is 4.47 Å². The molecule has 0 aromatic carbocycles. The van der Waals surface area contributed by atoms with Crippen LogP contribution in [0.3, 0.4) is 0 Å². The van der Waals surface area contributed by atoms with E-state index >= 15 is 0 Å². The predicted octanol–water partition coefficient (Wildman–Crippen LogP) is 3.75. The van der Waals surface area contributed by atoms with Gasteiger partial charge in [-0.05, 0) is 28.1 Å². The summed E-state index contributed by atoms with van der Waals surface area (Å²) in [6.07, 6.45) is 1.58. The first-order valence-corrected chi connectivity index (χ1v) is 6.58. The molecule has 84 valence electrons. The van der Waals surface area contributed by atoms with Crippen molar-refractivity contribution in [3.05, 3.63) is 38.1 Å². The van der Waals surface area contributed by atoms with Gasteiger partial charge in [0.1, 0.15) is 5.82 Å². The summed E-state index contributed by atoms with van der Waals surface area (Å²) < 4.78 is 1.09. The monoisotopic (exact) mass is 317 g/mol. The SMILES string of the molecule is Nc1cnc(NCc2cc(Br)cs2)c(Cl)c1. The van der Waals surface area contributed by atoms with Gasteiger partial charge in [0, 0.05) is 14.7 Å². The van der Waals surface area contributed by atoms with Crippen molar-refractivity contribution in [3.63, 3.8) is 0 Å². The lowest BCUT2D eigenvalue weighted by Crippen LogP contribution is -2.01. The molecule has 0 fully saturated rings. The van der Waals surface area contributed by atoms with E-state index in [1.54, 1.807) is 23.6 Å². The fourth-order valence-corrected chi connectivity index (χ4v) is 2.83. The van der Waals surface area contributed by atoms with E-state index in [9.17, 15) is 0 Å². The van der Waals surface area contributed by atoms with Gasteiger partial charge < -0.3 is 11.1 Å². The Bertz CT molecular complexity index is 501. The lowest BCUT2D eigenvalue weighted by Gasteiger charge is -2.06. The fourth-order valence-electron chi connectivity index (χ4n) is 1.20. The number of nitrogens with one attached hydrogen (secondary N) is 1. The highest BCUT2D eigenvalue weighted by Gasteiger charge is 2.03. The maximum absolute atomic E-state index is 5.99. The van der Waals surface area contributed by atoms with Gasteiger partial charge in [0.2, 0.25) is 0 Å². The van der Waals surface area contributed by atoms with Gasteiger partial charge in [0.25, 0.3) is 0 Å². The molecular formula is C10H9BrClN3S. The zero-order valence-corrected chi connectivity index (χ0v) is 11.4. The Balaban J connectivity index is 2.04. The first kappa shape index (κ1) is 11.7. The van der Waals surface area contributed by atoms with Crippen molar-refractivity contribution in [2.75, 3.05) is 11.1 Å². The third-order valence-electron chi connectivity index (χ3n) is 1.91. The summed E-state index contributed by atoms with van der Waals surface area (Å²) in [6, 6.07) is 3.74. The summed E-state index contributed by atoms with van der Waals surface area (Å²) in [6.45, 7) is 0.701. The Hall–Kier alpha value is -0.780. The Morgan fingerprint density at radius 3 is 2.94 bits per heavy atom. The summed E-state index contributed by atoms with van der Waals surface area (Å²) in [5.41, 5.74) is 6.12. The quantitative estimate of drug-likeness (QED) is 0.906. The van der Waals surface area contributed by atoms with E-state index in [0.29, 0.717) is 23.1 Å². The topological polar surface area (TPSA) is 50.9 Å². The van der Waals surface area contributed by atoms with Crippen LogP contribution < -0.4 is 11.1 Å². The third kappa shape index (κ3) is 2.87. The molecule has 2 heterocycles. The number of nitrogens with zero attached hydrogens (tertiary/aromatic N) is 1. The summed E-state index contributed by atoms with van der Waals surface area (Å²) in [4.78, 5) is 5.33. The van der Waals surface area contributed by atoms with E-state index in [1.807, 2.05) is 5.38 Å². The molecule has 2 aromatic rings. The molecule has 0 saturated heterocycles. The first-order valence-electron chi connectivity index (χ1n) is 4.53. The Morgan fingerprint density at radius 2 is 2.31 bits per heavy atom. The minimum Gasteiger partial charge on any atom is -0.397 e. The molecule has 0 spiro atoms. The average molecular weight is 319 g/mol. The number of nitrogens with two attached hydrogens (primary N) is 1. The summed E-state index contributed by atoms with van der Waals surface area (Å²) >= 11 is 11.1. The van der Waals surface area contributed by atoms with Gasteiger partial charge in [-0.1, -0.05) is 11.6 Å². The largest absolute Gasteiger partial charge is 0.397 e. The Kier molecular flexibility index (Phi) is 3.68. The molecule has 0 atom stereocenters. The van der Waals surface area contributed by atoms with Crippen molar-refractivity contribution < 1.29 is 0 Å². The van der Waals surface area contributed by atoms with Crippen molar-refractivity contribution >= 4 is 50.4 Å². The van der Waals surface area contributed by atoms with E-state index in [1.165, 1.54) is 4.88 Å². The maximum Gasteiger partial charge on any atom is 0.145 e. The van der Waals surface area contributed by atoms with Crippen molar-refractivity contribution in [1.82, 2.24) is 4.98 Å². The molecule has 3 nitrogen and oxygen atoms in total. The van der Waals surface area contributed by atoms with Gasteiger partial charge in [-0.2, -0.15) is 0 Å². The van der Waals surface area contributed by atoms with Crippen LogP contribution in [0.5, 0.6) is 0 Å². The van der Waals surface area contributed by atoms with Crippen LogP contribution >= 0.6 is 38.9 Å². The van der Waals surface area contributed by atoms with E-state index in [2.05, 4.69) is 32.3 Å². The lowest BCUT2D eigenvalue weighted by molar-refractivity contribution is 1.14. The van der Waals surface area contributed by atoms with Gasteiger partial charge in [-0.3, -0.25) is 0 Å². The molecule has 0 bridgehead atoms. The number of thiophene rings is 1. The van der Waals surface area contributed by atoms with Crippen molar-refractivity contribution in [1.29, 1.82) is 0 Å². The van der Waals surface area contributed by atoms with Gasteiger partial charge in [-0.25, -0.2) is 4.98 Å². The number of rotatable bonds is 3. The van der Waals surface area contributed by atoms with Gasteiger partial charge in [0.15, 0.2) is 0 Å². The van der Waals surface area contributed by atoms with E-state index in [-0.39, 0.29) is 0 Å². The molecule has 2 rings (SSSR count). The molecule has 0 aliphatic rings. The number of aromatic nitrogens is 1. The molecule has 0 unspecified atom stereocenters. The second kappa shape index (κ2) is 5.03. The van der Waals surface area contributed by atoms with Crippen LogP contribution in [0.15, 0.2) is 28.2 Å². The predicted molar refractivity (Wildman–Crippen MR) is 73.0 cm³/mol. The van der Waals surface area contributed by atoms with Crippen LogP contribution in [0, 0.1) is 0 Å². The van der Waals surface area contributed by atoms with Gasteiger partial charge in [0.05, 0.1) is 23.5 Å². The maximum atomic E-state index is 5.99. The average Bonchev–Trinajstić information content (AvgIpc) is 2.63. The number of halogens is 2. The fraction of sp³-hybridized carbons (Fsp3) is 0.100. The van der Waals surface area contributed by atoms with Gasteiger partial charge >= 0.3 is 0 Å². The van der Waals surface area contributed by atoms with Crippen LogP contribution in [0.25, 0.3) is 0 Å².